The van der Waals surface area contributed by atoms with Gasteiger partial charge in [0, 0.05) is 31.8 Å². The molecule has 3 amide bonds. The summed E-state index contributed by atoms with van der Waals surface area (Å²) in [7, 11) is 1.56. The molecule has 3 aromatic rings. The number of fused-ring (bicyclic) bond motifs is 5. The van der Waals surface area contributed by atoms with Crippen LogP contribution < -0.4 is 14.8 Å². The zero-order chi connectivity index (χ0) is 28.2. The molecule has 0 spiro atoms. The Hall–Kier alpha value is -4.38. The lowest BCUT2D eigenvalue weighted by Gasteiger charge is -2.38. The Morgan fingerprint density at radius 3 is 2.80 bits per heavy atom. The van der Waals surface area contributed by atoms with Gasteiger partial charge in [0.1, 0.15) is 23.0 Å². The van der Waals surface area contributed by atoms with Crippen LogP contribution in [-0.4, -0.2) is 77.9 Å². The smallest absolute Gasteiger partial charge is 0.276 e. The Morgan fingerprint density at radius 2 is 2.02 bits per heavy atom. The number of benzene rings is 2. The van der Waals surface area contributed by atoms with Gasteiger partial charge in [-0.3, -0.25) is 14.4 Å². The van der Waals surface area contributed by atoms with Gasteiger partial charge in [-0.1, -0.05) is 12.1 Å². The summed E-state index contributed by atoms with van der Waals surface area (Å²) in [5, 5.41) is 3.00. The van der Waals surface area contributed by atoms with Gasteiger partial charge in [0.05, 0.1) is 31.9 Å². The Bertz CT molecular complexity index is 1400. The highest BCUT2D eigenvalue weighted by Gasteiger charge is 2.35. The highest BCUT2D eigenvalue weighted by atomic mass is 16.5. The molecule has 0 aliphatic carbocycles. The number of likely N-dealkylation sites (tertiary alicyclic amines) is 1. The normalized spacial score (nSPS) is 19.9. The molecule has 0 radical (unpaired) electrons. The fourth-order valence-corrected chi connectivity index (χ4v) is 4.92. The van der Waals surface area contributed by atoms with Gasteiger partial charge in [-0.15, -0.1) is 0 Å². The molecular weight excluding hydrogens is 516 g/mol. The number of nitrogens with zero attached hydrogens (tertiary/aromatic N) is 3. The van der Waals surface area contributed by atoms with Crippen molar-refractivity contribution >= 4 is 17.7 Å². The molecule has 1 aromatic heterocycles. The number of piperidine rings is 1. The third-order valence-corrected chi connectivity index (χ3v) is 6.89. The third kappa shape index (κ3) is 6.09. The summed E-state index contributed by atoms with van der Waals surface area (Å²) < 4.78 is 23.2. The summed E-state index contributed by atoms with van der Waals surface area (Å²) in [5.41, 5.74) is 1.45. The van der Waals surface area contributed by atoms with Gasteiger partial charge in [-0.2, -0.15) is 0 Å². The molecule has 2 aromatic carbocycles. The molecule has 11 nitrogen and oxygen atoms in total. The molecule has 1 N–H and O–H groups in total. The number of hydrogen-bond acceptors (Lipinski definition) is 8. The molecule has 0 saturated carbocycles. The van der Waals surface area contributed by atoms with E-state index in [4.69, 9.17) is 18.6 Å². The van der Waals surface area contributed by atoms with E-state index in [2.05, 4.69) is 10.3 Å². The predicted octanol–water partition coefficient (Wildman–Crippen LogP) is 3.18. The van der Waals surface area contributed by atoms with Crippen LogP contribution in [0.15, 0.2) is 53.3 Å². The number of likely N-dealkylation sites (N-methyl/N-ethyl adjacent to an activating group) is 1. The second-order valence-corrected chi connectivity index (χ2v) is 9.86. The van der Waals surface area contributed by atoms with Crippen LogP contribution in [0, 0.1) is 6.92 Å². The van der Waals surface area contributed by atoms with E-state index in [1.165, 1.54) is 11.3 Å². The predicted molar refractivity (Wildman–Crippen MR) is 143 cm³/mol. The number of nitrogens with one attached hydrogen (secondary N) is 1. The SMILES string of the molecule is CCOc1cc2cc(c1)C(=O)N(C)CC(=O)N[C@H]1CN(C(=O)c3ncoc3C)CC[C@H]1OCc1cccc(c1)O2. The molecule has 2 aliphatic rings. The van der Waals surface area contributed by atoms with E-state index >= 15 is 0 Å². The minimum atomic E-state index is -0.499. The van der Waals surface area contributed by atoms with E-state index in [9.17, 15) is 14.4 Å². The maximum absolute atomic E-state index is 13.3. The quantitative estimate of drug-likeness (QED) is 0.530. The van der Waals surface area contributed by atoms with Gasteiger partial charge in [-0.25, -0.2) is 4.98 Å². The first-order valence-corrected chi connectivity index (χ1v) is 13.2. The molecule has 40 heavy (non-hydrogen) atoms. The van der Waals surface area contributed by atoms with Crippen molar-refractivity contribution in [3.05, 3.63) is 71.4 Å². The van der Waals surface area contributed by atoms with Crippen LogP contribution in [0.4, 0.5) is 0 Å². The van der Waals surface area contributed by atoms with E-state index in [1.54, 1.807) is 37.1 Å². The molecule has 3 heterocycles. The number of ether oxygens (including phenoxy) is 3. The summed E-state index contributed by atoms with van der Waals surface area (Å²) in [5.74, 6) is 0.944. The van der Waals surface area contributed by atoms with Crippen molar-refractivity contribution in [3.8, 4) is 17.2 Å². The van der Waals surface area contributed by atoms with Crippen molar-refractivity contribution in [2.45, 2.75) is 39.0 Å². The van der Waals surface area contributed by atoms with Crippen molar-refractivity contribution in [2.24, 2.45) is 0 Å². The molecule has 2 aliphatic heterocycles. The molecule has 4 bridgehead atoms. The summed E-state index contributed by atoms with van der Waals surface area (Å²) in [6.07, 6.45) is 1.39. The number of hydrogen-bond donors (Lipinski definition) is 1. The second-order valence-electron chi connectivity index (χ2n) is 9.86. The molecule has 11 heteroatoms. The lowest BCUT2D eigenvalue weighted by Crippen LogP contribution is -2.58. The largest absolute Gasteiger partial charge is 0.494 e. The highest BCUT2D eigenvalue weighted by Crippen LogP contribution is 2.29. The van der Waals surface area contributed by atoms with Crippen LogP contribution in [0.2, 0.25) is 0 Å². The first kappa shape index (κ1) is 27.2. The zero-order valence-electron chi connectivity index (χ0n) is 22.7. The monoisotopic (exact) mass is 548 g/mol. The third-order valence-electron chi connectivity index (χ3n) is 6.89. The zero-order valence-corrected chi connectivity index (χ0v) is 22.7. The van der Waals surface area contributed by atoms with E-state index in [0.717, 1.165) is 5.56 Å². The van der Waals surface area contributed by atoms with Crippen LogP contribution in [0.1, 0.15) is 45.5 Å². The number of carbonyl (C=O) groups is 3. The summed E-state index contributed by atoms with van der Waals surface area (Å²) in [6, 6.07) is 12.0. The second kappa shape index (κ2) is 11.8. The highest BCUT2D eigenvalue weighted by molar-refractivity contribution is 5.97. The van der Waals surface area contributed by atoms with Gasteiger partial charge < -0.3 is 33.7 Å². The number of aryl methyl sites for hydroxylation is 1. The van der Waals surface area contributed by atoms with Gasteiger partial charge in [-0.05, 0) is 50.1 Å². The first-order valence-electron chi connectivity index (χ1n) is 13.2. The van der Waals surface area contributed by atoms with Crippen LogP contribution >= 0.6 is 0 Å². The summed E-state index contributed by atoms with van der Waals surface area (Å²) >= 11 is 0. The van der Waals surface area contributed by atoms with Gasteiger partial charge in [0.25, 0.3) is 11.8 Å². The lowest BCUT2D eigenvalue weighted by atomic mass is 10.0. The minimum Gasteiger partial charge on any atom is -0.494 e. The topological polar surface area (TPSA) is 123 Å². The van der Waals surface area contributed by atoms with E-state index in [1.807, 2.05) is 31.2 Å². The molecule has 2 atom stereocenters. The first-order chi connectivity index (χ1) is 19.3. The maximum Gasteiger partial charge on any atom is 0.276 e. The van der Waals surface area contributed by atoms with Crippen LogP contribution in [0.5, 0.6) is 17.2 Å². The average molecular weight is 549 g/mol. The van der Waals surface area contributed by atoms with E-state index in [0.29, 0.717) is 48.1 Å². The van der Waals surface area contributed by atoms with Crippen molar-refractivity contribution < 1.29 is 33.0 Å². The summed E-state index contributed by atoms with van der Waals surface area (Å²) in [6.45, 7) is 4.71. The lowest BCUT2D eigenvalue weighted by molar-refractivity contribution is -0.124. The molecular formula is C29H32N4O7. The molecule has 0 unspecified atom stereocenters. The van der Waals surface area contributed by atoms with Gasteiger partial charge in [0.2, 0.25) is 5.91 Å². The summed E-state index contributed by atoms with van der Waals surface area (Å²) in [4.78, 5) is 46.6. The fraction of sp³-hybridized carbons (Fsp3) is 0.379. The number of amides is 3. The number of rotatable bonds is 3. The molecule has 5 rings (SSSR count). The number of aromatic nitrogens is 1. The molecule has 210 valence electrons. The van der Waals surface area contributed by atoms with Crippen LogP contribution in [0.25, 0.3) is 0 Å². The van der Waals surface area contributed by atoms with Crippen molar-refractivity contribution in [1.29, 1.82) is 0 Å². The average Bonchev–Trinajstić information content (AvgIpc) is 3.37. The number of carbonyl (C=O) groups excluding carboxylic acids is 3. The molecule has 1 fully saturated rings. The minimum absolute atomic E-state index is 0.188. The standard InChI is InChI=1S/C29H32N4O7/c1-4-37-22-11-20-12-23(13-22)40-21-7-5-6-19(10-21)16-38-25-8-9-33(29(36)27-18(2)39-17-30-27)14-24(25)31-26(34)15-32(3)28(20)35/h5-7,10-13,17,24-25H,4,8-9,14-16H2,1-3H3,(H,31,34)/t24-,25+/m0/s1. The Morgan fingerprint density at radius 1 is 1.18 bits per heavy atom. The number of oxazole rings is 1. The van der Waals surface area contributed by atoms with Crippen molar-refractivity contribution in [3.63, 3.8) is 0 Å². The van der Waals surface area contributed by atoms with Crippen LogP contribution in [-0.2, 0) is 16.1 Å². The van der Waals surface area contributed by atoms with Crippen molar-refractivity contribution in [2.75, 3.05) is 33.3 Å². The fourth-order valence-electron chi connectivity index (χ4n) is 4.92. The van der Waals surface area contributed by atoms with E-state index in [-0.39, 0.29) is 49.2 Å². The van der Waals surface area contributed by atoms with E-state index < -0.39 is 6.04 Å². The Labute approximate surface area is 232 Å². The van der Waals surface area contributed by atoms with Crippen LogP contribution in [0.3, 0.4) is 0 Å². The van der Waals surface area contributed by atoms with Gasteiger partial charge in [0.15, 0.2) is 12.1 Å². The maximum atomic E-state index is 13.3. The van der Waals surface area contributed by atoms with Gasteiger partial charge >= 0.3 is 0 Å². The Balaban J connectivity index is 1.43. The molecule has 1 saturated heterocycles. The Kier molecular flexibility index (Phi) is 8.01. The van der Waals surface area contributed by atoms with Crippen molar-refractivity contribution in [1.82, 2.24) is 20.1 Å².